The van der Waals surface area contributed by atoms with E-state index >= 15 is 0 Å². The van der Waals surface area contributed by atoms with E-state index in [1.54, 1.807) is 0 Å². The van der Waals surface area contributed by atoms with Gasteiger partial charge in [0.2, 0.25) is 0 Å². The lowest BCUT2D eigenvalue weighted by Crippen LogP contribution is -2.19. The number of benzene rings is 7. The van der Waals surface area contributed by atoms with Crippen LogP contribution in [0.4, 0.5) is 0 Å². The average Bonchev–Trinajstić information content (AvgIpc) is 0.856. The highest BCUT2D eigenvalue weighted by Crippen LogP contribution is 2.51. The van der Waals surface area contributed by atoms with Crippen molar-refractivity contribution in [3.05, 3.63) is 207 Å². The molecule has 7 aromatic carbocycles. The van der Waals surface area contributed by atoms with E-state index < -0.39 is 0 Å². The summed E-state index contributed by atoms with van der Waals surface area (Å²) in [6.07, 6.45) is 2.89. The molecule has 0 unspecified atom stereocenters. The fraction of sp³-hybridized carbons (Fsp3) is 0.481. The third kappa shape index (κ3) is 13.8. The summed E-state index contributed by atoms with van der Waals surface area (Å²) < 4.78 is 40.9. The van der Waals surface area contributed by atoms with Crippen molar-refractivity contribution in [3.63, 3.8) is 0 Å². The maximum Gasteiger partial charge on any atom is 0.126 e. The van der Waals surface area contributed by atoms with Gasteiger partial charge in [-0.2, -0.15) is 0 Å². The Bertz CT molecular complexity index is 3470. The van der Waals surface area contributed by atoms with Gasteiger partial charge in [0.15, 0.2) is 0 Å². The molecule has 1 aliphatic rings. The van der Waals surface area contributed by atoms with E-state index in [2.05, 4.69) is 230 Å². The molecule has 0 amide bonds. The molecule has 0 aromatic heterocycles. The van der Waals surface area contributed by atoms with Gasteiger partial charge in [-0.3, -0.25) is 0 Å². The topological polar surface area (TPSA) is 55.4 Å². The molecule has 0 N–H and O–H groups in total. The molecular formula is C81H106O6. The highest BCUT2D eigenvalue weighted by atomic mass is 16.5. The molecule has 6 nitrogen and oxygen atoms in total. The van der Waals surface area contributed by atoms with Gasteiger partial charge < -0.3 is 28.4 Å². The lowest BCUT2D eigenvalue weighted by Gasteiger charge is -2.32. The van der Waals surface area contributed by atoms with Crippen molar-refractivity contribution in [1.29, 1.82) is 0 Å². The Morgan fingerprint density at radius 1 is 0.253 bits per heavy atom. The molecule has 466 valence electrons. The molecule has 0 saturated carbocycles. The Morgan fingerprint density at radius 2 is 0.425 bits per heavy atom. The summed E-state index contributed by atoms with van der Waals surface area (Å²) in [4.78, 5) is 0. The van der Waals surface area contributed by atoms with Gasteiger partial charge in [-0.05, 0) is 159 Å². The van der Waals surface area contributed by atoms with Crippen LogP contribution >= 0.6 is 0 Å². The summed E-state index contributed by atoms with van der Waals surface area (Å²) in [6, 6.07) is 33.4. The van der Waals surface area contributed by atoms with Crippen molar-refractivity contribution in [1.82, 2.24) is 0 Å². The number of methoxy groups -OCH3 is 6. The Morgan fingerprint density at radius 3 is 0.598 bits per heavy atom. The maximum absolute atomic E-state index is 6.99. The lowest BCUT2D eigenvalue weighted by molar-refractivity contribution is 0.393. The summed E-state index contributed by atoms with van der Waals surface area (Å²) in [6.45, 7) is 48.4. The van der Waals surface area contributed by atoms with Gasteiger partial charge in [0.1, 0.15) is 34.5 Å². The number of rotatable bonds is 7. The Balaban J connectivity index is 1.61. The van der Waals surface area contributed by atoms with E-state index in [0.29, 0.717) is 32.1 Å². The van der Waals surface area contributed by atoms with E-state index in [-0.39, 0.29) is 38.4 Å². The minimum absolute atomic E-state index is 0.172. The van der Waals surface area contributed by atoms with Crippen LogP contribution in [0.2, 0.25) is 0 Å². The largest absolute Gasteiger partial charge is 0.496 e. The minimum atomic E-state index is -0.312. The van der Waals surface area contributed by atoms with Crippen LogP contribution in [0, 0.1) is 20.8 Å². The molecule has 6 heteroatoms. The first-order valence-corrected chi connectivity index (χ1v) is 31.7. The molecule has 0 aliphatic heterocycles. The zero-order valence-electron chi connectivity index (χ0n) is 58.6. The van der Waals surface area contributed by atoms with Gasteiger partial charge in [-0.1, -0.05) is 215 Å². The van der Waals surface area contributed by atoms with Crippen molar-refractivity contribution in [2.75, 3.05) is 42.7 Å². The van der Waals surface area contributed by atoms with Gasteiger partial charge in [0.25, 0.3) is 0 Å². The van der Waals surface area contributed by atoms with E-state index in [9.17, 15) is 0 Å². The molecule has 87 heavy (non-hydrogen) atoms. The van der Waals surface area contributed by atoms with E-state index in [4.69, 9.17) is 28.4 Å². The first kappa shape index (κ1) is 66.3. The maximum atomic E-state index is 6.99. The van der Waals surface area contributed by atoms with Crippen LogP contribution in [0.25, 0.3) is 0 Å². The quantitative estimate of drug-likeness (QED) is 0.159. The van der Waals surface area contributed by atoms with Crippen LogP contribution in [0.1, 0.15) is 253 Å². The summed E-state index contributed by atoms with van der Waals surface area (Å²) in [5, 5.41) is 0. The standard InChI is InChI=1S/C81H106O6/c1-47-28-48(2)68(49(3)29-47)69-66-45-64(80(16,17)18)43-58(74(66)86-26)33-56-41-62(78(10,11)12)39-54(72(56)84-24)31-52-37-60(76(4,5)6)35-50(70(52)82-22)30-51-36-61(77(7,8)9)38-53(71(51)83-23)32-55-40-63(79(13,14)15)42-57(73(55)85-25)34-59-44-65(81(19,20)21)46-67(69)75(59)87-27/h28-29,35-46,69H,30-34H2,1-27H3. The highest BCUT2D eigenvalue weighted by Gasteiger charge is 2.35. The molecule has 0 saturated heterocycles. The predicted octanol–water partition coefficient (Wildman–Crippen LogP) is 19.9. The van der Waals surface area contributed by atoms with Gasteiger partial charge >= 0.3 is 0 Å². The van der Waals surface area contributed by atoms with Gasteiger partial charge in [0, 0.05) is 49.1 Å². The highest BCUT2D eigenvalue weighted by molar-refractivity contribution is 5.66. The van der Waals surface area contributed by atoms with E-state index in [1.807, 2.05) is 42.7 Å². The number of aryl methyl sites for hydroxylation is 3. The minimum Gasteiger partial charge on any atom is -0.496 e. The molecular weight excluding hydrogens is 1070 g/mol. The molecule has 0 spiro atoms. The number of hydrogen-bond donors (Lipinski definition) is 0. The molecule has 0 fully saturated rings. The Kier molecular flexibility index (Phi) is 18.6. The summed E-state index contributed by atoms with van der Waals surface area (Å²) in [5.74, 6) is 4.90. The van der Waals surface area contributed by atoms with Crippen molar-refractivity contribution in [2.24, 2.45) is 0 Å². The zero-order chi connectivity index (χ0) is 64.4. The average molecular weight is 1180 g/mol. The first-order chi connectivity index (χ1) is 40.3. The predicted molar refractivity (Wildman–Crippen MR) is 366 cm³/mol. The first-order valence-electron chi connectivity index (χ1n) is 31.7. The number of ether oxygens (including phenoxy) is 6. The second kappa shape index (κ2) is 24.4. The third-order valence-electron chi connectivity index (χ3n) is 18.3. The van der Waals surface area contributed by atoms with E-state index in [1.165, 1.54) is 55.6 Å². The molecule has 0 heterocycles. The second-order valence-electron chi connectivity index (χ2n) is 31.5. The van der Waals surface area contributed by atoms with Crippen molar-refractivity contribution in [2.45, 2.75) is 216 Å². The third-order valence-corrected chi connectivity index (χ3v) is 18.3. The summed E-state index contributed by atoms with van der Waals surface area (Å²) in [7, 11) is 11.0. The van der Waals surface area contributed by atoms with Gasteiger partial charge in [-0.15, -0.1) is 0 Å². The molecule has 12 bridgehead atoms. The SMILES string of the molecule is COc1c2cc(C(C)(C)C)cc1Cc1cc(C(C)(C)C)cc(c1OC)Cc1cc(C(C)(C)C)cc(c1OC)C(c1c(C)cc(C)cc1C)c1cc(C(C)(C)C)cc(c1OC)Cc1cc(C(C)(C)C)cc(c1OC)Cc1cc(C(C)(C)C)cc(c1OC)C2. The van der Waals surface area contributed by atoms with Crippen LogP contribution in [-0.4, -0.2) is 42.7 Å². The van der Waals surface area contributed by atoms with Crippen LogP contribution in [0.15, 0.2) is 84.9 Å². The molecule has 1 aliphatic carbocycles. The molecule has 0 radical (unpaired) electrons. The van der Waals surface area contributed by atoms with Crippen LogP contribution < -0.4 is 28.4 Å². The van der Waals surface area contributed by atoms with E-state index in [0.717, 1.165) is 101 Å². The smallest absolute Gasteiger partial charge is 0.126 e. The summed E-state index contributed by atoms with van der Waals surface area (Å²) >= 11 is 0. The summed E-state index contributed by atoms with van der Waals surface area (Å²) in [5.41, 5.74) is 24.4. The Hall–Kier alpha value is -6.66. The second-order valence-corrected chi connectivity index (χ2v) is 31.5. The van der Waals surface area contributed by atoms with Crippen molar-refractivity contribution >= 4 is 0 Å². The van der Waals surface area contributed by atoms with Gasteiger partial charge in [-0.25, -0.2) is 0 Å². The monoisotopic (exact) mass is 1170 g/mol. The van der Waals surface area contributed by atoms with Crippen molar-refractivity contribution < 1.29 is 28.4 Å². The molecule has 0 atom stereocenters. The lowest BCUT2D eigenvalue weighted by atomic mass is 9.73. The zero-order valence-corrected chi connectivity index (χ0v) is 58.6. The fourth-order valence-corrected chi connectivity index (χ4v) is 13.5. The normalized spacial score (nSPS) is 13.9. The van der Waals surface area contributed by atoms with Crippen molar-refractivity contribution in [3.8, 4) is 34.5 Å². The number of fused-ring (bicyclic) bond motifs is 12. The molecule has 7 aromatic rings. The molecule has 8 rings (SSSR count). The number of hydrogen-bond acceptors (Lipinski definition) is 6. The van der Waals surface area contributed by atoms with Crippen LogP contribution in [-0.2, 0) is 64.6 Å². The fourth-order valence-electron chi connectivity index (χ4n) is 13.5. The van der Waals surface area contributed by atoms with Gasteiger partial charge in [0.05, 0.1) is 42.7 Å². The Labute approximate surface area is 526 Å². The van der Waals surface area contributed by atoms with Crippen LogP contribution in [0.3, 0.4) is 0 Å². The van der Waals surface area contributed by atoms with Crippen LogP contribution in [0.5, 0.6) is 34.5 Å².